The average molecular weight is 303 g/mol. The van der Waals surface area contributed by atoms with E-state index >= 15 is 0 Å². The van der Waals surface area contributed by atoms with Gasteiger partial charge >= 0.3 is 12.3 Å². The van der Waals surface area contributed by atoms with E-state index in [1.165, 1.54) is 12.1 Å². The van der Waals surface area contributed by atoms with Gasteiger partial charge in [-0.3, -0.25) is 10.1 Å². The maximum absolute atomic E-state index is 12.0. The van der Waals surface area contributed by atoms with Gasteiger partial charge in [-0.2, -0.15) is 0 Å². The minimum atomic E-state index is -4.67. The fourth-order valence-electron chi connectivity index (χ4n) is 2.07. The van der Waals surface area contributed by atoms with Gasteiger partial charge in [-0.1, -0.05) is 12.1 Å². The minimum Gasteiger partial charge on any atom is -0.465 e. The predicted octanol–water partition coefficient (Wildman–Crippen LogP) is 2.42. The molecule has 1 aliphatic rings. The monoisotopic (exact) mass is 303 g/mol. The van der Waals surface area contributed by atoms with Crippen molar-refractivity contribution in [3.63, 3.8) is 0 Å². The summed E-state index contributed by atoms with van der Waals surface area (Å²) in [5.41, 5.74) is 0.890. The number of hydrogen-bond donors (Lipinski definition) is 1. The molecule has 1 fully saturated rings. The summed E-state index contributed by atoms with van der Waals surface area (Å²) >= 11 is 0. The van der Waals surface area contributed by atoms with Crippen LogP contribution in [0.15, 0.2) is 24.3 Å². The van der Waals surface area contributed by atoms with Crippen molar-refractivity contribution in [1.82, 2.24) is 5.32 Å². The van der Waals surface area contributed by atoms with E-state index in [9.17, 15) is 18.0 Å². The van der Waals surface area contributed by atoms with E-state index in [0.717, 1.165) is 12.0 Å². The Balaban J connectivity index is 1.76. The van der Waals surface area contributed by atoms with Gasteiger partial charge < -0.3 is 9.47 Å². The number of carbonyl (C=O) groups is 1. The number of halogens is 3. The molecule has 1 aromatic carbocycles. The molecule has 2 atom stereocenters. The van der Waals surface area contributed by atoms with Crippen LogP contribution in [0.3, 0.4) is 0 Å². The maximum Gasteiger partial charge on any atom is 0.573 e. The molecular formula is C14H16F3NO3. The number of nitrogens with one attached hydrogen (secondary N) is 1. The van der Waals surface area contributed by atoms with Crippen molar-refractivity contribution < 1.29 is 27.4 Å². The molecule has 2 rings (SSSR count). The third-order valence-corrected chi connectivity index (χ3v) is 3.13. The van der Waals surface area contributed by atoms with Crippen molar-refractivity contribution in [1.29, 1.82) is 0 Å². The van der Waals surface area contributed by atoms with Crippen LogP contribution in [0.4, 0.5) is 13.2 Å². The van der Waals surface area contributed by atoms with Gasteiger partial charge in [0.25, 0.3) is 0 Å². The molecule has 1 heterocycles. The zero-order valence-corrected chi connectivity index (χ0v) is 11.4. The lowest BCUT2D eigenvalue weighted by Gasteiger charge is -2.09. The molecule has 0 aromatic heterocycles. The van der Waals surface area contributed by atoms with Crippen molar-refractivity contribution >= 4 is 5.97 Å². The Labute approximate surface area is 120 Å². The van der Waals surface area contributed by atoms with Crippen LogP contribution in [-0.2, 0) is 16.0 Å². The molecule has 0 aliphatic carbocycles. The van der Waals surface area contributed by atoms with E-state index in [4.69, 9.17) is 4.74 Å². The fourth-order valence-corrected chi connectivity index (χ4v) is 2.07. The number of hydrogen-bond acceptors (Lipinski definition) is 4. The Morgan fingerprint density at radius 1 is 1.29 bits per heavy atom. The normalized spacial score (nSPS) is 21.0. The van der Waals surface area contributed by atoms with Crippen LogP contribution in [0, 0.1) is 0 Å². The molecule has 4 nitrogen and oxygen atoms in total. The standard InChI is InChI=1S/C14H16F3NO3/c1-2-20-13(19)12-11(18-12)8-5-9-3-6-10(7-4-9)21-14(15,16)17/h3-4,6-7,11-12,18H,2,5,8H2,1H3. The molecular weight excluding hydrogens is 287 g/mol. The summed E-state index contributed by atoms with van der Waals surface area (Å²) < 4.78 is 44.7. The summed E-state index contributed by atoms with van der Waals surface area (Å²) in [6.07, 6.45) is -3.28. The van der Waals surface area contributed by atoms with E-state index in [-0.39, 0.29) is 23.8 Å². The topological polar surface area (TPSA) is 57.5 Å². The molecule has 1 aliphatic heterocycles. The Morgan fingerprint density at radius 3 is 2.52 bits per heavy atom. The summed E-state index contributed by atoms with van der Waals surface area (Å²) in [4.78, 5) is 11.4. The molecule has 1 N–H and O–H groups in total. The lowest BCUT2D eigenvalue weighted by atomic mass is 10.1. The van der Waals surface area contributed by atoms with Gasteiger partial charge in [0.1, 0.15) is 11.8 Å². The summed E-state index contributed by atoms with van der Waals surface area (Å²) in [5, 5.41) is 3.02. The Hall–Kier alpha value is -1.76. The van der Waals surface area contributed by atoms with Gasteiger partial charge in [-0.15, -0.1) is 13.2 Å². The number of alkyl halides is 3. The van der Waals surface area contributed by atoms with Crippen LogP contribution in [0.1, 0.15) is 18.9 Å². The van der Waals surface area contributed by atoms with Crippen molar-refractivity contribution in [3.05, 3.63) is 29.8 Å². The highest BCUT2D eigenvalue weighted by atomic mass is 19.4. The van der Waals surface area contributed by atoms with Gasteiger partial charge in [0, 0.05) is 6.04 Å². The molecule has 0 spiro atoms. The SMILES string of the molecule is CCOC(=O)C1NC1CCc1ccc(OC(F)(F)F)cc1. The average Bonchev–Trinajstić information content (AvgIpc) is 3.16. The first-order valence-corrected chi connectivity index (χ1v) is 6.66. The quantitative estimate of drug-likeness (QED) is 0.648. The molecule has 2 unspecified atom stereocenters. The molecule has 116 valence electrons. The first-order chi connectivity index (χ1) is 9.89. The summed E-state index contributed by atoms with van der Waals surface area (Å²) in [7, 11) is 0. The summed E-state index contributed by atoms with van der Waals surface area (Å²) in [6.45, 7) is 2.10. The van der Waals surface area contributed by atoms with Crippen molar-refractivity contribution in [3.8, 4) is 5.75 Å². The maximum atomic E-state index is 12.0. The van der Waals surface area contributed by atoms with Gasteiger partial charge in [-0.05, 0) is 37.5 Å². The molecule has 0 saturated carbocycles. The first kappa shape index (κ1) is 15.6. The third-order valence-electron chi connectivity index (χ3n) is 3.13. The Kier molecular flexibility index (Phi) is 4.72. The van der Waals surface area contributed by atoms with Crippen molar-refractivity contribution in [2.75, 3.05) is 6.61 Å². The smallest absolute Gasteiger partial charge is 0.465 e. The first-order valence-electron chi connectivity index (χ1n) is 6.66. The second-order valence-electron chi connectivity index (χ2n) is 4.73. The fraction of sp³-hybridized carbons (Fsp3) is 0.500. The van der Waals surface area contributed by atoms with Crippen LogP contribution < -0.4 is 10.1 Å². The number of ether oxygens (including phenoxy) is 2. The molecule has 0 bridgehead atoms. The van der Waals surface area contributed by atoms with Gasteiger partial charge in [0.15, 0.2) is 0 Å². The largest absolute Gasteiger partial charge is 0.573 e. The molecule has 1 saturated heterocycles. The molecule has 21 heavy (non-hydrogen) atoms. The van der Waals surface area contributed by atoms with E-state index in [1.54, 1.807) is 19.1 Å². The molecule has 0 radical (unpaired) electrons. The van der Waals surface area contributed by atoms with Crippen molar-refractivity contribution in [2.24, 2.45) is 0 Å². The van der Waals surface area contributed by atoms with Crippen LogP contribution in [0.25, 0.3) is 0 Å². The summed E-state index contributed by atoms with van der Waals surface area (Å²) in [5.74, 6) is -0.489. The molecule has 0 amide bonds. The van der Waals surface area contributed by atoms with Gasteiger partial charge in [-0.25, -0.2) is 0 Å². The predicted molar refractivity (Wildman–Crippen MR) is 68.8 cm³/mol. The molecule has 7 heteroatoms. The van der Waals surface area contributed by atoms with Crippen LogP contribution in [-0.4, -0.2) is 31.0 Å². The van der Waals surface area contributed by atoms with Crippen LogP contribution in [0.2, 0.25) is 0 Å². The zero-order chi connectivity index (χ0) is 15.5. The molecule has 1 aromatic rings. The lowest BCUT2D eigenvalue weighted by molar-refractivity contribution is -0.274. The van der Waals surface area contributed by atoms with Gasteiger partial charge in [0.05, 0.1) is 6.61 Å². The number of carbonyl (C=O) groups excluding carboxylic acids is 1. The minimum absolute atomic E-state index is 0.0788. The highest BCUT2D eigenvalue weighted by Crippen LogP contribution is 2.24. The van der Waals surface area contributed by atoms with E-state index in [0.29, 0.717) is 13.0 Å². The number of benzene rings is 1. The van der Waals surface area contributed by atoms with E-state index in [1.807, 2.05) is 0 Å². The number of aryl methyl sites for hydroxylation is 1. The van der Waals surface area contributed by atoms with Crippen molar-refractivity contribution in [2.45, 2.75) is 38.2 Å². The van der Waals surface area contributed by atoms with E-state index < -0.39 is 6.36 Å². The highest BCUT2D eigenvalue weighted by Gasteiger charge is 2.42. The Bertz CT molecular complexity index is 487. The second kappa shape index (κ2) is 6.34. The number of rotatable bonds is 6. The highest BCUT2D eigenvalue weighted by molar-refractivity contribution is 5.80. The second-order valence-corrected chi connectivity index (χ2v) is 4.73. The zero-order valence-electron chi connectivity index (χ0n) is 11.4. The van der Waals surface area contributed by atoms with Crippen LogP contribution >= 0.6 is 0 Å². The summed E-state index contributed by atoms with van der Waals surface area (Å²) in [6, 6.07) is 5.57. The Morgan fingerprint density at radius 2 is 1.95 bits per heavy atom. The lowest BCUT2D eigenvalue weighted by Crippen LogP contribution is -2.17. The third kappa shape index (κ3) is 4.93. The van der Waals surface area contributed by atoms with Crippen LogP contribution in [0.5, 0.6) is 5.75 Å². The van der Waals surface area contributed by atoms with Gasteiger partial charge in [0.2, 0.25) is 0 Å². The van der Waals surface area contributed by atoms with E-state index in [2.05, 4.69) is 10.1 Å². The number of esters is 1.